The highest BCUT2D eigenvalue weighted by molar-refractivity contribution is 7.81. The van der Waals surface area contributed by atoms with Crippen LogP contribution in [0.4, 0.5) is 0 Å². The second-order valence-corrected chi connectivity index (χ2v) is 3.76. The van der Waals surface area contributed by atoms with E-state index in [0.29, 0.717) is 13.0 Å². The molecule has 82 valence electrons. The van der Waals surface area contributed by atoms with Gasteiger partial charge in [-0.3, -0.25) is 4.79 Å². The fourth-order valence-corrected chi connectivity index (χ4v) is 1.45. The van der Waals surface area contributed by atoms with Gasteiger partial charge >= 0.3 is 5.97 Å². The summed E-state index contributed by atoms with van der Waals surface area (Å²) in [4.78, 5) is 10.6. The summed E-state index contributed by atoms with van der Waals surface area (Å²) in [6.07, 6.45) is 0.402. The maximum absolute atomic E-state index is 10.6. The van der Waals surface area contributed by atoms with Crippen molar-refractivity contribution in [3.8, 4) is 5.75 Å². The summed E-state index contributed by atoms with van der Waals surface area (Å²) in [5, 5.41) is 8.04. The standard InChI is InChI=1S/C11H14O3S/c1-2-14-9-5-3-4-8(6-9)7-10(15)11(12)13/h3-6,10,15H,2,7H2,1H3,(H,12,13). The van der Waals surface area contributed by atoms with Crippen LogP contribution in [0.1, 0.15) is 12.5 Å². The summed E-state index contributed by atoms with van der Waals surface area (Å²) in [5.74, 6) is -0.138. The normalized spacial score (nSPS) is 12.1. The van der Waals surface area contributed by atoms with Crippen LogP contribution in [0.15, 0.2) is 24.3 Å². The van der Waals surface area contributed by atoms with Gasteiger partial charge in [-0.15, -0.1) is 0 Å². The Balaban J connectivity index is 2.68. The lowest BCUT2D eigenvalue weighted by Crippen LogP contribution is -2.16. The molecule has 4 heteroatoms. The van der Waals surface area contributed by atoms with Gasteiger partial charge in [-0.2, -0.15) is 12.6 Å². The molecule has 0 aliphatic carbocycles. The Hall–Kier alpha value is -1.16. The molecule has 0 saturated heterocycles. The third-order valence-corrected chi connectivity index (χ3v) is 2.33. The summed E-state index contributed by atoms with van der Waals surface area (Å²) in [6.45, 7) is 2.51. The summed E-state index contributed by atoms with van der Waals surface area (Å²) < 4.78 is 5.32. The van der Waals surface area contributed by atoms with Gasteiger partial charge in [0.2, 0.25) is 0 Å². The Bertz CT molecular complexity index is 338. The largest absolute Gasteiger partial charge is 0.494 e. The molecule has 0 aliphatic rings. The SMILES string of the molecule is CCOc1cccc(CC(S)C(=O)O)c1. The predicted octanol–water partition coefficient (Wildman–Crippen LogP) is 2.01. The number of ether oxygens (including phenoxy) is 1. The van der Waals surface area contributed by atoms with Crippen LogP contribution in [0.3, 0.4) is 0 Å². The first-order valence-corrected chi connectivity index (χ1v) is 5.27. The summed E-state index contributed by atoms with van der Waals surface area (Å²) in [6, 6.07) is 7.41. The average Bonchev–Trinajstić information content (AvgIpc) is 2.18. The molecular weight excluding hydrogens is 212 g/mol. The molecule has 0 aliphatic heterocycles. The van der Waals surface area contributed by atoms with Crippen LogP contribution in [-0.2, 0) is 11.2 Å². The van der Waals surface area contributed by atoms with Crippen LogP contribution < -0.4 is 4.74 Å². The van der Waals surface area contributed by atoms with Crippen molar-refractivity contribution in [2.75, 3.05) is 6.61 Å². The van der Waals surface area contributed by atoms with Crippen molar-refractivity contribution < 1.29 is 14.6 Å². The van der Waals surface area contributed by atoms with Crippen LogP contribution in [-0.4, -0.2) is 22.9 Å². The van der Waals surface area contributed by atoms with E-state index in [1.165, 1.54) is 0 Å². The first-order valence-electron chi connectivity index (χ1n) is 4.76. The first kappa shape index (κ1) is 11.9. The van der Waals surface area contributed by atoms with Gasteiger partial charge in [0.1, 0.15) is 11.0 Å². The van der Waals surface area contributed by atoms with Crippen molar-refractivity contribution in [1.29, 1.82) is 0 Å². The number of carboxylic acids is 1. The van der Waals surface area contributed by atoms with Gasteiger partial charge < -0.3 is 9.84 Å². The predicted molar refractivity (Wildman–Crippen MR) is 61.7 cm³/mol. The number of carbonyl (C=O) groups is 1. The lowest BCUT2D eigenvalue weighted by atomic mass is 10.1. The van der Waals surface area contributed by atoms with Gasteiger partial charge in [0.05, 0.1) is 6.61 Å². The first-order chi connectivity index (χ1) is 7.13. The Labute approximate surface area is 94.5 Å². The molecule has 1 unspecified atom stereocenters. The molecular formula is C11H14O3S. The Morgan fingerprint density at radius 3 is 2.93 bits per heavy atom. The van der Waals surface area contributed by atoms with Gasteiger partial charge in [-0.05, 0) is 31.0 Å². The minimum atomic E-state index is -0.903. The molecule has 0 bridgehead atoms. The molecule has 0 spiro atoms. The summed E-state index contributed by atoms with van der Waals surface area (Å²) in [7, 11) is 0. The fraction of sp³-hybridized carbons (Fsp3) is 0.364. The summed E-state index contributed by atoms with van der Waals surface area (Å²) in [5.41, 5.74) is 0.920. The molecule has 0 radical (unpaired) electrons. The van der Waals surface area contributed by atoms with Crippen LogP contribution in [0.25, 0.3) is 0 Å². The number of benzene rings is 1. The van der Waals surface area contributed by atoms with Crippen LogP contribution in [0.5, 0.6) is 5.75 Å². The number of hydrogen-bond donors (Lipinski definition) is 2. The van der Waals surface area contributed by atoms with E-state index in [4.69, 9.17) is 9.84 Å². The number of rotatable bonds is 5. The molecule has 1 aromatic rings. The second-order valence-electron chi connectivity index (χ2n) is 3.14. The van der Waals surface area contributed by atoms with Gasteiger partial charge in [0.25, 0.3) is 0 Å². The van der Waals surface area contributed by atoms with Crippen molar-refractivity contribution in [2.45, 2.75) is 18.6 Å². The highest BCUT2D eigenvalue weighted by Crippen LogP contribution is 2.16. The van der Waals surface area contributed by atoms with E-state index in [9.17, 15) is 4.79 Å². The van der Waals surface area contributed by atoms with Crippen molar-refractivity contribution in [2.24, 2.45) is 0 Å². The van der Waals surface area contributed by atoms with E-state index >= 15 is 0 Å². The highest BCUT2D eigenvalue weighted by Gasteiger charge is 2.12. The molecule has 3 nitrogen and oxygen atoms in total. The molecule has 1 atom stereocenters. The van der Waals surface area contributed by atoms with Crippen molar-refractivity contribution in [3.05, 3.63) is 29.8 Å². The molecule has 0 fully saturated rings. The second kappa shape index (κ2) is 5.66. The van der Waals surface area contributed by atoms with E-state index in [1.54, 1.807) is 0 Å². The van der Waals surface area contributed by atoms with Gasteiger partial charge in [-0.1, -0.05) is 12.1 Å². The molecule has 15 heavy (non-hydrogen) atoms. The molecule has 0 aromatic heterocycles. The lowest BCUT2D eigenvalue weighted by Gasteiger charge is -2.08. The van der Waals surface area contributed by atoms with E-state index in [-0.39, 0.29) is 0 Å². The van der Waals surface area contributed by atoms with E-state index in [1.807, 2.05) is 31.2 Å². The zero-order valence-corrected chi connectivity index (χ0v) is 9.41. The van der Waals surface area contributed by atoms with Gasteiger partial charge in [-0.25, -0.2) is 0 Å². The monoisotopic (exact) mass is 226 g/mol. The van der Waals surface area contributed by atoms with Gasteiger partial charge in [0, 0.05) is 0 Å². The molecule has 0 heterocycles. The highest BCUT2D eigenvalue weighted by atomic mass is 32.1. The van der Waals surface area contributed by atoms with Gasteiger partial charge in [0.15, 0.2) is 0 Å². The molecule has 0 saturated carbocycles. The van der Waals surface area contributed by atoms with Crippen LogP contribution >= 0.6 is 12.6 Å². The Morgan fingerprint density at radius 2 is 2.33 bits per heavy atom. The number of hydrogen-bond acceptors (Lipinski definition) is 3. The van der Waals surface area contributed by atoms with Crippen LogP contribution in [0.2, 0.25) is 0 Å². The number of thiol groups is 1. The molecule has 0 amide bonds. The Morgan fingerprint density at radius 1 is 1.60 bits per heavy atom. The van der Waals surface area contributed by atoms with E-state index < -0.39 is 11.2 Å². The maximum atomic E-state index is 10.6. The molecule has 1 aromatic carbocycles. The molecule has 1 rings (SSSR count). The van der Waals surface area contributed by atoms with Crippen molar-refractivity contribution in [1.82, 2.24) is 0 Å². The summed E-state index contributed by atoms with van der Waals surface area (Å²) >= 11 is 3.98. The Kier molecular flexibility index (Phi) is 4.49. The lowest BCUT2D eigenvalue weighted by molar-refractivity contribution is -0.136. The van der Waals surface area contributed by atoms with E-state index in [0.717, 1.165) is 11.3 Å². The topological polar surface area (TPSA) is 46.5 Å². The van der Waals surface area contributed by atoms with E-state index in [2.05, 4.69) is 12.6 Å². The third kappa shape index (κ3) is 3.83. The van der Waals surface area contributed by atoms with Crippen LogP contribution in [0, 0.1) is 0 Å². The number of carboxylic acid groups (broad SMARTS) is 1. The smallest absolute Gasteiger partial charge is 0.316 e. The maximum Gasteiger partial charge on any atom is 0.316 e. The zero-order valence-electron chi connectivity index (χ0n) is 8.51. The quantitative estimate of drug-likeness (QED) is 0.755. The molecule has 1 N–H and O–H groups in total. The van der Waals surface area contributed by atoms with Crippen molar-refractivity contribution >= 4 is 18.6 Å². The minimum Gasteiger partial charge on any atom is -0.494 e. The zero-order chi connectivity index (χ0) is 11.3. The number of aliphatic carboxylic acids is 1. The minimum absolute atomic E-state index is 0.402. The average molecular weight is 226 g/mol. The third-order valence-electron chi connectivity index (χ3n) is 1.92. The van der Waals surface area contributed by atoms with Crippen molar-refractivity contribution in [3.63, 3.8) is 0 Å². The fourth-order valence-electron chi connectivity index (χ4n) is 1.24.